The van der Waals surface area contributed by atoms with Gasteiger partial charge in [0.15, 0.2) is 12.1 Å². The molecule has 2 aliphatic rings. The summed E-state index contributed by atoms with van der Waals surface area (Å²) >= 11 is 0. The molecule has 0 unspecified atom stereocenters. The Morgan fingerprint density at radius 3 is 2.54 bits per heavy atom. The van der Waals surface area contributed by atoms with Gasteiger partial charge in [0, 0.05) is 35.7 Å². The van der Waals surface area contributed by atoms with Crippen LogP contribution in [-0.4, -0.2) is 45.9 Å². The van der Waals surface area contributed by atoms with Crippen molar-refractivity contribution >= 4 is 33.0 Å². The second-order valence-corrected chi connectivity index (χ2v) is 11.8. The Labute approximate surface area is 216 Å². The first-order valence-electron chi connectivity index (χ1n) is 12.6. The standard InChI is InChI=1S/C27H31N7O2S/c1-17-11-12-20(37(35,36)32-13-7-4-8-14-32)16-24(17)33-18(2)15-21(19(33)3)25-30-26(28)31-27-29-22-9-5-6-10-23(22)34(25)27/h5-6,9-12,15-16,25H,4,7-8,13-14H2,1-3H3,(H3,28,29,30,31)/t25-/m0/s1. The zero-order valence-electron chi connectivity index (χ0n) is 21.3. The van der Waals surface area contributed by atoms with Gasteiger partial charge in [-0.1, -0.05) is 24.6 Å². The van der Waals surface area contributed by atoms with Crippen LogP contribution in [0.15, 0.2) is 58.4 Å². The monoisotopic (exact) mass is 517 g/mol. The molecule has 3 N–H and O–H groups in total. The predicted molar refractivity (Wildman–Crippen MR) is 146 cm³/mol. The number of nitrogens with two attached hydrogens (primary N) is 1. The van der Waals surface area contributed by atoms with Gasteiger partial charge < -0.3 is 10.3 Å². The molecule has 2 aromatic heterocycles. The van der Waals surface area contributed by atoms with E-state index in [0.29, 0.717) is 29.9 Å². The third-order valence-corrected chi connectivity index (χ3v) is 9.36. The number of guanidine groups is 1. The van der Waals surface area contributed by atoms with Crippen molar-refractivity contribution < 1.29 is 8.42 Å². The fourth-order valence-corrected chi connectivity index (χ4v) is 7.13. The van der Waals surface area contributed by atoms with Crippen molar-refractivity contribution in [2.75, 3.05) is 18.4 Å². The number of hydrogen-bond donors (Lipinski definition) is 2. The molecule has 0 bridgehead atoms. The molecule has 4 heterocycles. The van der Waals surface area contributed by atoms with E-state index in [1.54, 1.807) is 16.4 Å². The van der Waals surface area contributed by atoms with Crippen LogP contribution in [0.4, 0.5) is 5.95 Å². The number of nitrogens with one attached hydrogen (secondary N) is 1. The summed E-state index contributed by atoms with van der Waals surface area (Å²) in [7, 11) is -3.55. The number of hydrogen-bond acceptors (Lipinski definition) is 6. The van der Waals surface area contributed by atoms with E-state index in [1.165, 1.54) is 0 Å². The van der Waals surface area contributed by atoms with Crippen LogP contribution in [-0.2, 0) is 10.0 Å². The Hall–Kier alpha value is -3.63. The molecule has 1 fully saturated rings. The number of piperidine rings is 1. The predicted octanol–water partition coefficient (Wildman–Crippen LogP) is 4.21. The van der Waals surface area contributed by atoms with Crippen molar-refractivity contribution in [3.63, 3.8) is 0 Å². The first-order chi connectivity index (χ1) is 17.8. The van der Waals surface area contributed by atoms with Gasteiger partial charge in [0.25, 0.3) is 0 Å². The highest BCUT2D eigenvalue weighted by molar-refractivity contribution is 7.89. The quantitative estimate of drug-likeness (QED) is 0.421. The molecule has 9 nitrogen and oxygen atoms in total. The van der Waals surface area contributed by atoms with E-state index in [-0.39, 0.29) is 0 Å². The van der Waals surface area contributed by atoms with E-state index in [9.17, 15) is 8.42 Å². The summed E-state index contributed by atoms with van der Waals surface area (Å²) in [6, 6.07) is 15.5. The lowest BCUT2D eigenvalue weighted by Gasteiger charge is -2.26. The number of aryl methyl sites for hydroxylation is 2. The average molecular weight is 518 g/mol. The third-order valence-electron chi connectivity index (χ3n) is 7.46. The van der Waals surface area contributed by atoms with Crippen molar-refractivity contribution in [3.8, 4) is 5.69 Å². The van der Waals surface area contributed by atoms with Gasteiger partial charge in [-0.2, -0.15) is 4.31 Å². The minimum absolute atomic E-state index is 0.309. The van der Waals surface area contributed by atoms with Crippen LogP contribution in [0.2, 0.25) is 0 Å². The maximum Gasteiger partial charge on any atom is 0.243 e. The van der Waals surface area contributed by atoms with E-state index < -0.39 is 16.2 Å². The van der Waals surface area contributed by atoms with Gasteiger partial charge in [-0.3, -0.25) is 9.88 Å². The van der Waals surface area contributed by atoms with Crippen molar-refractivity contribution in [1.29, 1.82) is 0 Å². The fraction of sp³-hybridized carbons (Fsp3) is 0.333. The molecule has 37 heavy (non-hydrogen) atoms. The van der Waals surface area contributed by atoms with Gasteiger partial charge in [0.2, 0.25) is 16.0 Å². The highest BCUT2D eigenvalue weighted by Gasteiger charge is 2.30. The lowest BCUT2D eigenvalue weighted by atomic mass is 10.1. The van der Waals surface area contributed by atoms with Gasteiger partial charge in [-0.25, -0.2) is 18.4 Å². The summed E-state index contributed by atoms with van der Waals surface area (Å²) in [6.07, 6.45) is 2.49. The highest BCUT2D eigenvalue weighted by atomic mass is 32.2. The lowest BCUT2D eigenvalue weighted by Crippen LogP contribution is -2.35. The summed E-state index contributed by atoms with van der Waals surface area (Å²) in [5.74, 6) is 0.956. The summed E-state index contributed by atoms with van der Waals surface area (Å²) in [5.41, 5.74) is 12.8. The zero-order chi connectivity index (χ0) is 25.9. The molecule has 4 aromatic rings. The Balaban J connectivity index is 1.47. The molecular weight excluding hydrogens is 486 g/mol. The van der Waals surface area contributed by atoms with Gasteiger partial charge in [-0.05, 0) is 69.5 Å². The van der Waals surface area contributed by atoms with Crippen LogP contribution in [0.3, 0.4) is 0 Å². The Kier molecular flexibility index (Phi) is 5.61. The maximum absolute atomic E-state index is 13.4. The molecule has 0 spiro atoms. The summed E-state index contributed by atoms with van der Waals surface area (Å²) in [6.45, 7) is 7.23. The number of para-hydroxylation sites is 2. The lowest BCUT2D eigenvalue weighted by molar-refractivity contribution is 0.346. The Morgan fingerprint density at radius 1 is 1.00 bits per heavy atom. The first-order valence-corrected chi connectivity index (χ1v) is 14.1. The topological polar surface area (TPSA) is 111 Å². The number of rotatable bonds is 4. The number of anilines is 1. The number of fused-ring (bicyclic) bond motifs is 3. The first kappa shape index (κ1) is 23.7. The Morgan fingerprint density at radius 2 is 1.76 bits per heavy atom. The molecule has 1 atom stereocenters. The van der Waals surface area contributed by atoms with Crippen LogP contribution >= 0.6 is 0 Å². The van der Waals surface area contributed by atoms with E-state index in [4.69, 9.17) is 15.7 Å². The number of aromatic nitrogens is 3. The second-order valence-electron chi connectivity index (χ2n) is 9.88. The van der Waals surface area contributed by atoms with E-state index in [0.717, 1.165) is 58.5 Å². The van der Waals surface area contributed by atoms with Gasteiger partial charge >= 0.3 is 0 Å². The molecule has 2 aliphatic heterocycles. The van der Waals surface area contributed by atoms with Crippen LogP contribution in [0, 0.1) is 20.8 Å². The summed E-state index contributed by atoms with van der Waals surface area (Å²) in [5, 5.41) is 3.09. The smallest absolute Gasteiger partial charge is 0.243 e. The van der Waals surface area contributed by atoms with Crippen molar-refractivity contribution in [2.45, 2.75) is 51.1 Å². The van der Waals surface area contributed by atoms with E-state index >= 15 is 0 Å². The Bertz CT molecular complexity index is 1660. The normalized spacial score (nSPS) is 18.5. The van der Waals surface area contributed by atoms with E-state index in [2.05, 4.69) is 20.5 Å². The van der Waals surface area contributed by atoms with Crippen LogP contribution in [0.1, 0.15) is 47.9 Å². The number of nitrogens with zero attached hydrogens (tertiary/aromatic N) is 5. The van der Waals surface area contributed by atoms with Crippen molar-refractivity contribution in [2.24, 2.45) is 10.7 Å². The summed E-state index contributed by atoms with van der Waals surface area (Å²) in [4.78, 5) is 9.79. The highest BCUT2D eigenvalue weighted by Crippen LogP contribution is 2.36. The summed E-state index contributed by atoms with van der Waals surface area (Å²) < 4.78 is 32.7. The molecule has 10 heteroatoms. The number of sulfonamides is 1. The molecule has 0 radical (unpaired) electrons. The second kappa shape index (κ2) is 8.74. The molecule has 192 valence electrons. The molecule has 1 saturated heterocycles. The van der Waals surface area contributed by atoms with Crippen molar-refractivity contribution in [1.82, 2.24) is 18.4 Å². The molecular formula is C27H31N7O2S. The molecule has 0 amide bonds. The molecule has 6 rings (SSSR count). The maximum atomic E-state index is 13.4. The SMILES string of the molecule is Cc1ccc(S(=O)(=O)N2CCCCC2)cc1-n1c(C)cc([C@H]2N=C(N)Nc3nc4ccccc4n32)c1C. The largest absolute Gasteiger partial charge is 0.370 e. The minimum Gasteiger partial charge on any atom is -0.370 e. The number of aliphatic imine (C=N–C) groups is 1. The number of imidazole rings is 1. The minimum atomic E-state index is -3.55. The molecule has 0 saturated carbocycles. The van der Waals surface area contributed by atoms with Crippen molar-refractivity contribution in [3.05, 3.63) is 71.0 Å². The fourth-order valence-electron chi connectivity index (χ4n) is 5.59. The molecule has 2 aromatic carbocycles. The van der Waals surface area contributed by atoms with Gasteiger partial charge in [0.1, 0.15) is 0 Å². The van der Waals surface area contributed by atoms with Gasteiger partial charge in [0.05, 0.1) is 15.9 Å². The molecule has 0 aliphatic carbocycles. The van der Waals surface area contributed by atoms with Crippen LogP contribution in [0.25, 0.3) is 16.7 Å². The number of benzene rings is 2. The average Bonchev–Trinajstić information content (AvgIpc) is 3.40. The van der Waals surface area contributed by atoms with Gasteiger partial charge in [-0.15, -0.1) is 0 Å². The zero-order valence-corrected chi connectivity index (χ0v) is 22.1. The van der Waals surface area contributed by atoms with E-state index in [1.807, 2.05) is 51.1 Å². The third kappa shape index (κ3) is 3.82. The van der Waals surface area contributed by atoms with Crippen LogP contribution < -0.4 is 11.1 Å². The van der Waals surface area contributed by atoms with Crippen LogP contribution in [0.5, 0.6) is 0 Å².